The van der Waals surface area contributed by atoms with E-state index in [0.717, 1.165) is 19.4 Å². The Bertz CT molecular complexity index is 487. The number of nitrogens with one attached hydrogen (secondary N) is 1. The minimum absolute atomic E-state index is 0.132. The lowest BCUT2D eigenvalue weighted by atomic mass is 10.1. The van der Waals surface area contributed by atoms with E-state index < -0.39 is 0 Å². The molecule has 0 saturated carbocycles. The number of likely N-dealkylation sites (tertiary alicyclic amines) is 1. The number of halogens is 1. The summed E-state index contributed by atoms with van der Waals surface area (Å²) in [7, 11) is 0. The van der Waals surface area contributed by atoms with Gasteiger partial charge in [-0.05, 0) is 50.6 Å². The molecule has 1 aliphatic heterocycles. The van der Waals surface area contributed by atoms with E-state index in [9.17, 15) is 14.0 Å². The molecule has 4 nitrogen and oxygen atoms in total. The van der Waals surface area contributed by atoms with Gasteiger partial charge < -0.3 is 5.32 Å². The minimum atomic E-state index is -0.330. The minimum Gasteiger partial charge on any atom is -0.325 e. The number of carbonyl (C=O) groups excluding carboxylic acids is 2. The Kier molecular flexibility index (Phi) is 4.84. The fraction of sp³-hybridized carbons (Fsp3) is 0.467. The second-order valence-corrected chi connectivity index (χ2v) is 5.23. The molecule has 1 aliphatic rings. The maximum Gasteiger partial charge on any atom is 0.238 e. The third kappa shape index (κ3) is 4.13. The Hall–Kier alpha value is -1.75. The number of benzene rings is 1. The SMILES string of the molecule is CC(=O)CC1CCCN1CC(=O)Nc1ccc(F)cc1. The van der Waals surface area contributed by atoms with Gasteiger partial charge in [-0.1, -0.05) is 0 Å². The van der Waals surface area contributed by atoms with Crippen LogP contribution in [-0.2, 0) is 9.59 Å². The summed E-state index contributed by atoms with van der Waals surface area (Å²) >= 11 is 0. The Morgan fingerprint density at radius 1 is 1.35 bits per heavy atom. The average molecular weight is 278 g/mol. The number of ketones is 1. The molecule has 1 aromatic rings. The van der Waals surface area contributed by atoms with Crippen molar-refractivity contribution in [2.75, 3.05) is 18.4 Å². The molecule has 1 N–H and O–H groups in total. The molecule has 20 heavy (non-hydrogen) atoms. The molecular formula is C15H19FN2O2. The third-order valence-electron chi connectivity index (χ3n) is 3.50. The lowest BCUT2D eigenvalue weighted by Gasteiger charge is -2.22. The van der Waals surface area contributed by atoms with E-state index in [-0.39, 0.29) is 30.1 Å². The van der Waals surface area contributed by atoms with Gasteiger partial charge in [-0.3, -0.25) is 14.5 Å². The van der Waals surface area contributed by atoms with Gasteiger partial charge >= 0.3 is 0 Å². The number of anilines is 1. The van der Waals surface area contributed by atoms with Crippen LogP contribution in [0, 0.1) is 5.82 Å². The third-order valence-corrected chi connectivity index (χ3v) is 3.50. The van der Waals surface area contributed by atoms with Gasteiger partial charge in [0.2, 0.25) is 5.91 Å². The summed E-state index contributed by atoms with van der Waals surface area (Å²) in [5, 5.41) is 2.74. The Labute approximate surface area is 118 Å². The van der Waals surface area contributed by atoms with Crippen LogP contribution >= 0.6 is 0 Å². The van der Waals surface area contributed by atoms with Gasteiger partial charge in [0.1, 0.15) is 11.6 Å². The largest absolute Gasteiger partial charge is 0.325 e. The summed E-state index contributed by atoms with van der Waals surface area (Å²) < 4.78 is 12.8. The van der Waals surface area contributed by atoms with Crippen molar-refractivity contribution in [2.24, 2.45) is 0 Å². The van der Waals surface area contributed by atoms with Crippen LogP contribution < -0.4 is 5.32 Å². The lowest BCUT2D eigenvalue weighted by Crippen LogP contribution is -2.37. The molecule has 5 heteroatoms. The summed E-state index contributed by atoms with van der Waals surface area (Å²) in [6.07, 6.45) is 2.48. The molecule has 1 aromatic carbocycles. The molecule has 1 saturated heterocycles. The first-order valence-electron chi connectivity index (χ1n) is 6.83. The van der Waals surface area contributed by atoms with E-state index in [2.05, 4.69) is 5.32 Å². The molecule has 1 heterocycles. The first-order chi connectivity index (χ1) is 9.54. The fourth-order valence-corrected chi connectivity index (χ4v) is 2.58. The number of Topliss-reactive ketones (excluding diaryl/α,β-unsaturated/α-hetero) is 1. The zero-order chi connectivity index (χ0) is 14.5. The van der Waals surface area contributed by atoms with E-state index >= 15 is 0 Å². The fourth-order valence-electron chi connectivity index (χ4n) is 2.58. The predicted octanol–water partition coefficient (Wildman–Crippen LogP) is 2.21. The van der Waals surface area contributed by atoms with Crippen LogP contribution in [0.25, 0.3) is 0 Å². The van der Waals surface area contributed by atoms with Crippen LogP contribution in [-0.4, -0.2) is 35.7 Å². The number of amides is 1. The quantitative estimate of drug-likeness (QED) is 0.898. The molecule has 0 aromatic heterocycles. The van der Waals surface area contributed by atoms with Crippen molar-refractivity contribution in [2.45, 2.75) is 32.2 Å². The standard InChI is InChI=1S/C15H19FN2O2/c1-11(19)9-14-3-2-8-18(14)10-15(20)17-13-6-4-12(16)5-7-13/h4-7,14H,2-3,8-10H2,1H3,(H,17,20). The van der Waals surface area contributed by atoms with Gasteiger partial charge in [-0.2, -0.15) is 0 Å². The number of carbonyl (C=O) groups is 2. The molecule has 0 aliphatic carbocycles. The first kappa shape index (κ1) is 14.7. The molecule has 1 unspecified atom stereocenters. The van der Waals surface area contributed by atoms with Crippen molar-refractivity contribution in [3.63, 3.8) is 0 Å². The zero-order valence-corrected chi connectivity index (χ0v) is 11.6. The maximum atomic E-state index is 12.8. The van der Waals surface area contributed by atoms with Crippen molar-refractivity contribution in [1.29, 1.82) is 0 Å². The highest BCUT2D eigenvalue weighted by Gasteiger charge is 2.26. The van der Waals surface area contributed by atoms with Crippen LogP contribution in [0.3, 0.4) is 0 Å². The Morgan fingerprint density at radius 2 is 2.05 bits per heavy atom. The Morgan fingerprint density at radius 3 is 2.70 bits per heavy atom. The van der Waals surface area contributed by atoms with Crippen molar-refractivity contribution < 1.29 is 14.0 Å². The van der Waals surface area contributed by atoms with Gasteiger partial charge in [-0.15, -0.1) is 0 Å². The highest BCUT2D eigenvalue weighted by molar-refractivity contribution is 5.92. The van der Waals surface area contributed by atoms with Crippen LogP contribution in [0.4, 0.5) is 10.1 Å². The number of hydrogen-bond donors (Lipinski definition) is 1. The predicted molar refractivity (Wildman–Crippen MR) is 74.9 cm³/mol. The molecule has 0 spiro atoms. The summed E-state index contributed by atoms with van der Waals surface area (Å²) in [5.74, 6) is -0.308. The van der Waals surface area contributed by atoms with E-state index in [1.807, 2.05) is 4.90 Å². The first-order valence-corrected chi connectivity index (χ1v) is 6.83. The van der Waals surface area contributed by atoms with Crippen molar-refractivity contribution in [1.82, 2.24) is 4.90 Å². The lowest BCUT2D eigenvalue weighted by molar-refractivity contribution is -0.120. The van der Waals surface area contributed by atoms with Crippen molar-refractivity contribution >= 4 is 17.4 Å². The number of nitrogens with zero attached hydrogens (tertiary/aromatic N) is 1. The van der Waals surface area contributed by atoms with Gasteiger partial charge in [0.05, 0.1) is 6.54 Å². The normalized spacial score (nSPS) is 19.0. The summed E-state index contributed by atoms with van der Waals surface area (Å²) in [6, 6.07) is 5.86. The van der Waals surface area contributed by atoms with E-state index in [4.69, 9.17) is 0 Å². The molecule has 0 bridgehead atoms. The zero-order valence-electron chi connectivity index (χ0n) is 11.6. The van der Waals surface area contributed by atoms with Crippen LogP contribution in [0.15, 0.2) is 24.3 Å². The van der Waals surface area contributed by atoms with Crippen LogP contribution in [0.2, 0.25) is 0 Å². The molecule has 0 radical (unpaired) electrons. The second-order valence-electron chi connectivity index (χ2n) is 5.23. The van der Waals surface area contributed by atoms with Gasteiger partial charge in [0.15, 0.2) is 0 Å². The smallest absolute Gasteiger partial charge is 0.238 e. The summed E-state index contributed by atoms with van der Waals surface area (Å²) in [4.78, 5) is 25.2. The molecule has 108 valence electrons. The Balaban J connectivity index is 1.87. The van der Waals surface area contributed by atoms with E-state index in [1.165, 1.54) is 24.3 Å². The summed E-state index contributed by atoms with van der Waals surface area (Å²) in [6.45, 7) is 2.69. The molecular weight excluding hydrogens is 259 g/mol. The number of rotatable bonds is 5. The van der Waals surface area contributed by atoms with Crippen molar-refractivity contribution in [3.05, 3.63) is 30.1 Å². The molecule has 1 atom stereocenters. The van der Waals surface area contributed by atoms with Crippen LogP contribution in [0.1, 0.15) is 26.2 Å². The summed E-state index contributed by atoms with van der Waals surface area (Å²) in [5.41, 5.74) is 0.582. The second kappa shape index (κ2) is 6.61. The van der Waals surface area contributed by atoms with E-state index in [1.54, 1.807) is 6.92 Å². The van der Waals surface area contributed by atoms with Crippen molar-refractivity contribution in [3.8, 4) is 0 Å². The molecule has 1 fully saturated rings. The topological polar surface area (TPSA) is 49.4 Å². The number of hydrogen-bond acceptors (Lipinski definition) is 3. The van der Waals surface area contributed by atoms with E-state index in [0.29, 0.717) is 12.1 Å². The molecule has 2 rings (SSSR count). The average Bonchev–Trinajstić information content (AvgIpc) is 2.78. The maximum absolute atomic E-state index is 12.8. The van der Waals surface area contributed by atoms with Gasteiger partial charge in [-0.25, -0.2) is 4.39 Å². The monoisotopic (exact) mass is 278 g/mol. The van der Waals surface area contributed by atoms with Gasteiger partial charge in [0, 0.05) is 18.2 Å². The van der Waals surface area contributed by atoms with Crippen LogP contribution in [0.5, 0.6) is 0 Å². The molecule has 1 amide bonds. The highest BCUT2D eigenvalue weighted by atomic mass is 19.1. The highest BCUT2D eigenvalue weighted by Crippen LogP contribution is 2.20. The van der Waals surface area contributed by atoms with Gasteiger partial charge in [0.25, 0.3) is 0 Å².